The van der Waals surface area contributed by atoms with E-state index in [1.165, 1.54) is 0 Å². The van der Waals surface area contributed by atoms with Crippen LogP contribution in [0, 0.1) is 5.41 Å². The summed E-state index contributed by atoms with van der Waals surface area (Å²) >= 11 is 21.3. The van der Waals surface area contributed by atoms with Crippen LogP contribution in [-0.4, -0.2) is 46.0 Å². The van der Waals surface area contributed by atoms with E-state index in [0.29, 0.717) is 0 Å². The van der Waals surface area contributed by atoms with Gasteiger partial charge < -0.3 is 0 Å². The van der Waals surface area contributed by atoms with Crippen molar-refractivity contribution >= 4 is 74.0 Å². The van der Waals surface area contributed by atoms with Crippen LogP contribution in [-0.2, 0) is 0 Å². The molecule has 0 aromatic rings. The fourth-order valence-corrected chi connectivity index (χ4v) is 5.36. The van der Waals surface area contributed by atoms with E-state index in [1.54, 1.807) is 0 Å². The zero-order valence-electron chi connectivity index (χ0n) is 8.76. The van der Waals surface area contributed by atoms with Gasteiger partial charge in [-0.3, -0.25) is 0 Å². The highest BCUT2D eigenvalue weighted by molar-refractivity contribution is 8.01. The fraction of sp³-hybridized carbons (Fsp3) is 1.00. The van der Waals surface area contributed by atoms with Gasteiger partial charge in [-0.05, 0) is 23.0 Å². The minimum Gasteiger partial charge on any atom is -0.179 e. The number of rotatable bonds is 10. The molecule has 0 aliphatic heterocycles. The molecule has 0 aliphatic carbocycles. The van der Waals surface area contributed by atoms with Crippen molar-refractivity contribution in [3.05, 3.63) is 0 Å². The third kappa shape index (κ3) is 7.92. The van der Waals surface area contributed by atoms with E-state index < -0.39 is 0 Å². The van der Waals surface area contributed by atoms with E-state index >= 15 is 0 Å². The van der Waals surface area contributed by atoms with Gasteiger partial charge in [-0.2, -0.15) is 74.0 Å². The average Bonchev–Trinajstić information content (AvgIpc) is 2.28. The van der Waals surface area contributed by atoms with Crippen LogP contribution in [0.5, 0.6) is 0 Å². The molecule has 0 saturated carbocycles. The quantitative estimate of drug-likeness (QED) is 0.361. The molecular formula is C9H20S6. The predicted molar refractivity (Wildman–Crippen MR) is 92.5 cm³/mol. The highest BCUT2D eigenvalue weighted by Gasteiger charge is 2.26. The number of thioether (sulfide) groups is 2. The Hall–Kier alpha value is 2.10. The standard InChI is InChI=1S/C9H20S6/c10-1-3-14-7-9(5-12,6-13)8-15-4-2-11/h10-13H,1-8H2. The van der Waals surface area contributed by atoms with Crippen molar-refractivity contribution in [3.8, 4) is 0 Å². The van der Waals surface area contributed by atoms with E-state index in [1.807, 2.05) is 23.5 Å². The smallest absolute Gasteiger partial charge is 0.00600 e. The summed E-state index contributed by atoms with van der Waals surface area (Å²) in [6.07, 6.45) is 0. The topological polar surface area (TPSA) is 0 Å². The van der Waals surface area contributed by atoms with Gasteiger partial charge in [0.1, 0.15) is 0 Å². The van der Waals surface area contributed by atoms with Gasteiger partial charge in [-0.25, -0.2) is 0 Å². The molecule has 0 spiro atoms. The lowest BCUT2D eigenvalue weighted by Gasteiger charge is -2.30. The summed E-state index contributed by atoms with van der Waals surface area (Å²) in [4.78, 5) is 0. The van der Waals surface area contributed by atoms with Crippen molar-refractivity contribution in [2.24, 2.45) is 5.41 Å². The van der Waals surface area contributed by atoms with Crippen molar-refractivity contribution in [3.63, 3.8) is 0 Å². The molecule has 15 heavy (non-hydrogen) atoms. The second-order valence-electron chi connectivity index (χ2n) is 3.37. The van der Waals surface area contributed by atoms with Gasteiger partial charge >= 0.3 is 0 Å². The molecule has 0 heterocycles. The van der Waals surface area contributed by atoms with Gasteiger partial charge in [0, 0.05) is 28.4 Å². The highest BCUT2D eigenvalue weighted by atomic mass is 32.2. The van der Waals surface area contributed by atoms with Crippen molar-refractivity contribution in [2.45, 2.75) is 0 Å². The Morgan fingerprint density at radius 1 is 0.733 bits per heavy atom. The number of thiol groups is 4. The normalized spacial score (nSPS) is 12.0. The van der Waals surface area contributed by atoms with Crippen LogP contribution >= 0.6 is 74.0 Å². The zero-order chi connectivity index (χ0) is 11.6. The second kappa shape index (κ2) is 11.2. The lowest BCUT2D eigenvalue weighted by atomic mass is 9.99. The van der Waals surface area contributed by atoms with Crippen LogP contribution in [0.2, 0.25) is 0 Å². The minimum atomic E-state index is 0.271. The largest absolute Gasteiger partial charge is 0.179 e. The van der Waals surface area contributed by atoms with Crippen molar-refractivity contribution in [1.82, 2.24) is 0 Å². The van der Waals surface area contributed by atoms with E-state index in [4.69, 9.17) is 0 Å². The summed E-state index contributed by atoms with van der Waals surface area (Å²) in [7, 11) is 0. The molecule has 6 heteroatoms. The molecule has 0 rings (SSSR count). The third-order valence-corrected chi connectivity index (χ3v) is 6.97. The molecule has 0 nitrogen and oxygen atoms in total. The second-order valence-corrected chi connectivity index (χ2v) is 7.11. The van der Waals surface area contributed by atoms with Gasteiger partial charge in [0.15, 0.2) is 0 Å². The lowest BCUT2D eigenvalue weighted by Crippen LogP contribution is -2.31. The molecule has 0 atom stereocenters. The van der Waals surface area contributed by atoms with Gasteiger partial charge in [-0.15, -0.1) is 0 Å². The van der Waals surface area contributed by atoms with Crippen molar-refractivity contribution in [2.75, 3.05) is 46.0 Å². The molecule has 0 aromatic heterocycles. The first-order valence-electron chi connectivity index (χ1n) is 4.83. The first-order valence-corrected chi connectivity index (χ1v) is 9.67. The lowest BCUT2D eigenvalue weighted by molar-refractivity contribution is 0.519. The number of hydrogen-bond acceptors (Lipinski definition) is 6. The fourth-order valence-electron chi connectivity index (χ4n) is 0.981. The Labute approximate surface area is 125 Å². The van der Waals surface area contributed by atoms with E-state index in [0.717, 1.165) is 46.0 Å². The predicted octanol–water partition coefficient (Wildman–Crippen LogP) is 3.16. The maximum Gasteiger partial charge on any atom is 0.00600 e. The third-order valence-electron chi connectivity index (χ3n) is 1.96. The zero-order valence-corrected chi connectivity index (χ0v) is 14.0. The van der Waals surface area contributed by atoms with Crippen LogP contribution in [0.4, 0.5) is 0 Å². The van der Waals surface area contributed by atoms with Crippen LogP contribution in [0.25, 0.3) is 0 Å². The average molecular weight is 321 g/mol. The summed E-state index contributed by atoms with van der Waals surface area (Å²) < 4.78 is 0. The van der Waals surface area contributed by atoms with Crippen molar-refractivity contribution < 1.29 is 0 Å². The van der Waals surface area contributed by atoms with Gasteiger partial charge in [0.25, 0.3) is 0 Å². The van der Waals surface area contributed by atoms with Gasteiger partial charge in [0.05, 0.1) is 0 Å². The van der Waals surface area contributed by atoms with E-state index in [9.17, 15) is 0 Å². The summed E-state index contributed by atoms with van der Waals surface area (Å²) in [5.74, 6) is 8.23. The van der Waals surface area contributed by atoms with Gasteiger partial charge in [-0.1, -0.05) is 0 Å². The van der Waals surface area contributed by atoms with Crippen molar-refractivity contribution in [1.29, 1.82) is 0 Å². The summed E-state index contributed by atoms with van der Waals surface area (Å²) in [5, 5.41) is 0. The maximum absolute atomic E-state index is 4.47. The molecule has 0 amide bonds. The molecule has 0 aliphatic rings. The first kappa shape index (κ1) is 17.1. The Kier molecular flexibility index (Phi) is 12.8. The van der Waals surface area contributed by atoms with E-state index in [-0.39, 0.29) is 5.41 Å². The van der Waals surface area contributed by atoms with Crippen LogP contribution in [0.1, 0.15) is 0 Å². The van der Waals surface area contributed by atoms with E-state index in [2.05, 4.69) is 50.5 Å². The molecule has 0 aromatic carbocycles. The Morgan fingerprint density at radius 3 is 1.40 bits per heavy atom. The molecule has 92 valence electrons. The van der Waals surface area contributed by atoms with Crippen LogP contribution in [0.15, 0.2) is 0 Å². The monoisotopic (exact) mass is 320 g/mol. The summed E-state index contributed by atoms with van der Waals surface area (Å²) in [6, 6.07) is 0. The number of hydrogen-bond donors (Lipinski definition) is 4. The molecule has 0 unspecified atom stereocenters. The SMILES string of the molecule is SCCSCC(CS)(CS)CSCCS. The molecule has 0 fully saturated rings. The molecule has 0 saturated heterocycles. The summed E-state index contributed by atoms with van der Waals surface area (Å²) in [5.41, 5.74) is 0.271. The Bertz CT molecular complexity index is 125. The molecule has 0 radical (unpaired) electrons. The molecular weight excluding hydrogens is 301 g/mol. The Morgan fingerprint density at radius 2 is 1.13 bits per heavy atom. The van der Waals surface area contributed by atoms with Gasteiger partial charge in [0.2, 0.25) is 0 Å². The maximum atomic E-state index is 4.47. The minimum absolute atomic E-state index is 0.271. The summed E-state index contributed by atoms with van der Waals surface area (Å²) in [6.45, 7) is 0. The molecule has 0 N–H and O–H groups in total. The molecule has 0 bridgehead atoms. The Balaban J connectivity index is 3.93. The highest BCUT2D eigenvalue weighted by Crippen LogP contribution is 2.30. The van der Waals surface area contributed by atoms with Crippen LogP contribution < -0.4 is 0 Å². The van der Waals surface area contributed by atoms with Crippen LogP contribution in [0.3, 0.4) is 0 Å². The first-order chi connectivity index (χ1) is 7.24.